The van der Waals surface area contributed by atoms with Gasteiger partial charge in [0.15, 0.2) is 11.5 Å². The molecule has 1 amide bonds. The van der Waals surface area contributed by atoms with Crippen LogP contribution in [0.1, 0.15) is 16.1 Å². The van der Waals surface area contributed by atoms with E-state index in [1.54, 1.807) is 18.2 Å². The van der Waals surface area contributed by atoms with Gasteiger partial charge in [0, 0.05) is 35.5 Å². The number of anilines is 1. The van der Waals surface area contributed by atoms with Crippen LogP contribution in [0.4, 0.5) is 5.82 Å². The zero-order chi connectivity index (χ0) is 15.1. The second-order valence-electron chi connectivity index (χ2n) is 4.06. The average molecular weight is 346 g/mol. The van der Waals surface area contributed by atoms with Gasteiger partial charge in [-0.3, -0.25) is 4.79 Å². The number of carbonyl (C=O) groups is 1. The predicted molar refractivity (Wildman–Crippen MR) is 81.7 cm³/mol. The summed E-state index contributed by atoms with van der Waals surface area (Å²) < 4.78 is 0.853. The Bertz CT molecular complexity index is 683. The summed E-state index contributed by atoms with van der Waals surface area (Å²) in [5.74, 6) is 0.259. The Kier molecular flexibility index (Phi) is 5.23. The molecule has 0 aliphatic rings. The molecule has 6 nitrogen and oxygen atoms in total. The van der Waals surface area contributed by atoms with Crippen LogP contribution in [-0.4, -0.2) is 29.0 Å². The fourth-order valence-electron chi connectivity index (χ4n) is 1.64. The molecule has 7 heteroatoms. The largest absolute Gasteiger partial charge is 0.366 e. The predicted octanol–water partition coefficient (Wildman–Crippen LogP) is 1.95. The summed E-state index contributed by atoms with van der Waals surface area (Å²) in [6, 6.07) is 9.10. The number of benzene rings is 1. The number of amides is 1. The number of nitrogens with one attached hydrogen (secondary N) is 2. The van der Waals surface area contributed by atoms with E-state index < -0.39 is 0 Å². The Morgan fingerprint density at radius 1 is 1.29 bits per heavy atom. The number of nitriles is 1. The van der Waals surface area contributed by atoms with Crippen molar-refractivity contribution in [3.05, 3.63) is 52.4 Å². The van der Waals surface area contributed by atoms with Crippen LogP contribution < -0.4 is 10.6 Å². The maximum absolute atomic E-state index is 11.9. The van der Waals surface area contributed by atoms with E-state index in [0.717, 1.165) is 4.47 Å². The number of aromatic nitrogens is 2. The highest BCUT2D eigenvalue weighted by molar-refractivity contribution is 9.10. The van der Waals surface area contributed by atoms with E-state index in [0.29, 0.717) is 24.5 Å². The maximum atomic E-state index is 11.9. The third-order valence-corrected chi connectivity index (χ3v) is 3.09. The summed E-state index contributed by atoms with van der Waals surface area (Å²) in [5.41, 5.74) is 0.817. The molecule has 0 bridgehead atoms. The summed E-state index contributed by atoms with van der Waals surface area (Å²) >= 11 is 3.32. The molecule has 21 heavy (non-hydrogen) atoms. The van der Waals surface area contributed by atoms with Gasteiger partial charge in [-0.05, 0) is 18.2 Å². The minimum Gasteiger partial charge on any atom is -0.366 e. The second-order valence-corrected chi connectivity index (χ2v) is 4.97. The van der Waals surface area contributed by atoms with Gasteiger partial charge in [0.1, 0.15) is 6.07 Å². The first-order valence-electron chi connectivity index (χ1n) is 6.19. The normalized spacial score (nSPS) is 9.71. The van der Waals surface area contributed by atoms with Crippen molar-refractivity contribution in [2.24, 2.45) is 0 Å². The smallest absolute Gasteiger partial charge is 0.251 e. The zero-order valence-electron chi connectivity index (χ0n) is 11.0. The van der Waals surface area contributed by atoms with Gasteiger partial charge < -0.3 is 10.6 Å². The van der Waals surface area contributed by atoms with Gasteiger partial charge in [0.05, 0.1) is 0 Å². The molecule has 2 aromatic rings. The van der Waals surface area contributed by atoms with Crippen molar-refractivity contribution in [3.8, 4) is 6.07 Å². The molecule has 2 N–H and O–H groups in total. The Hall–Kier alpha value is -2.46. The van der Waals surface area contributed by atoms with Crippen molar-refractivity contribution < 1.29 is 4.79 Å². The minimum atomic E-state index is -0.155. The summed E-state index contributed by atoms with van der Waals surface area (Å²) in [7, 11) is 0. The summed E-state index contributed by atoms with van der Waals surface area (Å²) in [5, 5.41) is 14.6. The first-order valence-corrected chi connectivity index (χ1v) is 6.99. The Morgan fingerprint density at radius 3 is 2.86 bits per heavy atom. The molecule has 0 saturated heterocycles. The molecule has 0 unspecified atom stereocenters. The minimum absolute atomic E-state index is 0.155. The molecule has 0 aliphatic heterocycles. The van der Waals surface area contributed by atoms with Crippen molar-refractivity contribution in [3.63, 3.8) is 0 Å². The van der Waals surface area contributed by atoms with E-state index in [-0.39, 0.29) is 11.6 Å². The molecular weight excluding hydrogens is 334 g/mol. The summed E-state index contributed by atoms with van der Waals surface area (Å²) in [4.78, 5) is 19.8. The number of rotatable bonds is 5. The quantitative estimate of drug-likeness (QED) is 0.808. The first kappa shape index (κ1) is 14.9. The number of hydrogen-bond donors (Lipinski definition) is 2. The standard InChI is InChI=1S/C14H12BrN5O/c15-11-3-1-2-10(8-11)14(21)20-7-6-19-13-12(9-16)17-4-5-18-13/h1-5,8H,6-7H2,(H,18,19)(H,20,21). The van der Waals surface area contributed by atoms with Crippen LogP contribution in [0.15, 0.2) is 41.1 Å². The van der Waals surface area contributed by atoms with E-state index >= 15 is 0 Å². The van der Waals surface area contributed by atoms with Crippen LogP contribution in [0.3, 0.4) is 0 Å². The van der Waals surface area contributed by atoms with Crippen molar-refractivity contribution >= 4 is 27.7 Å². The molecule has 0 fully saturated rings. The lowest BCUT2D eigenvalue weighted by atomic mass is 10.2. The highest BCUT2D eigenvalue weighted by Gasteiger charge is 2.06. The SMILES string of the molecule is N#Cc1nccnc1NCCNC(=O)c1cccc(Br)c1. The van der Waals surface area contributed by atoms with E-state index in [9.17, 15) is 4.79 Å². The summed E-state index contributed by atoms with van der Waals surface area (Å²) in [6.07, 6.45) is 2.96. The average Bonchev–Trinajstić information content (AvgIpc) is 2.51. The molecule has 106 valence electrons. The number of halogens is 1. The second kappa shape index (κ2) is 7.36. The van der Waals surface area contributed by atoms with Gasteiger partial charge in [-0.15, -0.1) is 0 Å². The van der Waals surface area contributed by atoms with E-state index in [2.05, 4.69) is 36.5 Å². The number of carbonyl (C=O) groups excluding carboxylic acids is 1. The molecule has 1 aromatic heterocycles. The molecule has 0 spiro atoms. The zero-order valence-corrected chi connectivity index (χ0v) is 12.6. The molecule has 1 heterocycles. The monoisotopic (exact) mass is 345 g/mol. The van der Waals surface area contributed by atoms with Crippen LogP contribution in [0.5, 0.6) is 0 Å². The van der Waals surface area contributed by atoms with Gasteiger partial charge >= 0.3 is 0 Å². The molecule has 0 saturated carbocycles. The molecular formula is C14H12BrN5O. The van der Waals surface area contributed by atoms with Gasteiger partial charge in [-0.2, -0.15) is 5.26 Å². The van der Waals surface area contributed by atoms with Crippen LogP contribution in [-0.2, 0) is 0 Å². The Labute approximate surface area is 130 Å². The van der Waals surface area contributed by atoms with Gasteiger partial charge in [0.2, 0.25) is 0 Å². The molecule has 0 atom stereocenters. The van der Waals surface area contributed by atoms with Crippen LogP contribution in [0, 0.1) is 11.3 Å². The third kappa shape index (κ3) is 4.26. The maximum Gasteiger partial charge on any atom is 0.251 e. The Balaban J connectivity index is 1.82. The fraction of sp³-hybridized carbons (Fsp3) is 0.143. The summed E-state index contributed by atoms with van der Waals surface area (Å²) in [6.45, 7) is 0.861. The topological polar surface area (TPSA) is 90.7 Å². The van der Waals surface area contributed by atoms with Crippen LogP contribution in [0.25, 0.3) is 0 Å². The number of hydrogen-bond acceptors (Lipinski definition) is 5. The first-order chi connectivity index (χ1) is 10.2. The third-order valence-electron chi connectivity index (χ3n) is 2.59. The molecule has 0 aliphatic carbocycles. The highest BCUT2D eigenvalue weighted by atomic mass is 79.9. The van der Waals surface area contributed by atoms with Crippen molar-refractivity contribution in [2.45, 2.75) is 0 Å². The van der Waals surface area contributed by atoms with Crippen molar-refractivity contribution in [2.75, 3.05) is 18.4 Å². The van der Waals surface area contributed by atoms with Crippen molar-refractivity contribution in [1.29, 1.82) is 5.26 Å². The van der Waals surface area contributed by atoms with Crippen molar-refractivity contribution in [1.82, 2.24) is 15.3 Å². The van der Waals surface area contributed by atoms with E-state index in [1.807, 2.05) is 12.1 Å². The lowest BCUT2D eigenvalue weighted by Crippen LogP contribution is -2.29. The highest BCUT2D eigenvalue weighted by Crippen LogP contribution is 2.11. The Morgan fingerprint density at radius 2 is 2.10 bits per heavy atom. The molecule has 2 rings (SSSR count). The lowest BCUT2D eigenvalue weighted by Gasteiger charge is -2.08. The number of nitrogens with zero attached hydrogens (tertiary/aromatic N) is 3. The van der Waals surface area contributed by atoms with Gasteiger partial charge in [-0.1, -0.05) is 22.0 Å². The van der Waals surface area contributed by atoms with Gasteiger partial charge in [0.25, 0.3) is 5.91 Å². The molecule has 0 radical (unpaired) electrons. The van der Waals surface area contributed by atoms with E-state index in [4.69, 9.17) is 5.26 Å². The van der Waals surface area contributed by atoms with E-state index in [1.165, 1.54) is 12.4 Å². The molecule has 1 aromatic carbocycles. The van der Waals surface area contributed by atoms with Crippen LogP contribution >= 0.6 is 15.9 Å². The lowest BCUT2D eigenvalue weighted by molar-refractivity contribution is 0.0955. The van der Waals surface area contributed by atoms with Crippen LogP contribution in [0.2, 0.25) is 0 Å². The fourth-order valence-corrected chi connectivity index (χ4v) is 2.04. The van der Waals surface area contributed by atoms with Gasteiger partial charge in [-0.25, -0.2) is 9.97 Å².